The number of fused-ring (bicyclic) bond motifs is 1. The summed E-state index contributed by atoms with van der Waals surface area (Å²) in [7, 11) is 1.66. The van der Waals surface area contributed by atoms with Crippen molar-refractivity contribution >= 4 is 17.6 Å². The molecule has 0 bridgehead atoms. The summed E-state index contributed by atoms with van der Waals surface area (Å²) in [5, 5.41) is 12.6. The first kappa shape index (κ1) is 14.1. The first-order valence-corrected chi connectivity index (χ1v) is 7.43. The van der Waals surface area contributed by atoms with Gasteiger partial charge in [0.2, 0.25) is 5.91 Å². The summed E-state index contributed by atoms with van der Waals surface area (Å²) in [5.41, 5.74) is 0.618. The number of amides is 1. The lowest BCUT2D eigenvalue weighted by atomic mass is 9.93. The molecule has 112 valence electrons. The Morgan fingerprint density at radius 3 is 2.81 bits per heavy atom. The lowest BCUT2D eigenvalue weighted by Crippen LogP contribution is -2.45. The number of hydrogen-bond donors (Lipinski definition) is 2. The maximum atomic E-state index is 12.7. The minimum absolute atomic E-state index is 0.0295. The van der Waals surface area contributed by atoms with Crippen LogP contribution in [-0.4, -0.2) is 36.6 Å². The van der Waals surface area contributed by atoms with Gasteiger partial charge in [-0.25, -0.2) is 4.79 Å². The molecule has 1 aliphatic carbocycles. The summed E-state index contributed by atoms with van der Waals surface area (Å²) in [5.74, 6) is -0.0412. The SMILES string of the molecule is CN(C(=O)C1NCC2CCCC21)c1ccccc1C(=O)O. The van der Waals surface area contributed by atoms with Gasteiger partial charge in [-0.1, -0.05) is 18.6 Å². The number of aromatic carboxylic acids is 1. The van der Waals surface area contributed by atoms with E-state index in [1.54, 1.807) is 25.2 Å². The Morgan fingerprint density at radius 2 is 2.05 bits per heavy atom. The summed E-state index contributed by atoms with van der Waals surface area (Å²) in [4.78, 5) is 25.5. The molecule has 21 heavy (non-hydrogen) atoms. The highest BCUT2D eigenvalue weighted by molar-refractivity contribution is 6.03. The van der Waals surface area contributed by atoms with Gasteiger partial charge in [0, 0.05) is 7.05 Å². The Bertz CT molecular complexity index is 572. The highest BCUT2D eigenvalue weighted by Crippen LogP contribution is 2.38. The zero-order chi connectivity index (χ0) is 15.0. The van der Waals surface area contributed by atoms with Crippen molar-refractivity contribution in [1.82, 2.24) is 5.32 Å². The van der Waals surface area contributed by atoms with Crippen LogP contribution in [0.15, 0.2) is 24.3 Å². The van der Waals surface area contributed by atoms with E-state index in [1.807, 2.05) is 0 Å². The number of carboxylic acids is 1. The largest absolute Gasteiger partial charge is 0.478 e. The number of anilines is 1. The third-order valence-corrected chi connectivity index (χ3v) is 4.84. The molecule has 1 amide bonds. The molecule has 0 radical (unpaired) electrons. The van der Waals surface area contributed by atoms with Crippen molar-refractivity contribution in [2.45, 2.75) is 25.3 Å². The predicted molar refractivity (Wildman–Crippen MR) is 79.4 cm³/mol. The molecule has 5 heteroatoms. The zero-order valence-electron chi connectivity index (χ0n) is 12.1. The van der Waals surface area contributed by atoms with E-state index in [9.17, 15) is 14.7 Å². The molecule has 5 nitrogen and oxygen atoms in total. The molecule has 1 aliphatic heterocycles. The van der Waals surface area contributed by atoms with Crippen molar-refractivity contribution < 1.29 is 14.7 Å². The van der Waals surface area contributed by atoms with Crippen molar-refractivity contribution in [1.29, 1.82) is 0 Å². The molecule has 1 saturated carbocycles. The fourth-order valence-electron chi connectivity index (χ4n) is 3.73. The summed E-state index contributed by atoms with van der Waals surface area (Å²) < 4.78 is 0. The number of likely N-dealkylation sites (N-methyl/N-ethyl adjacent to an activating group) is 1. The second-order valence-corrected chi connectivity index (χ2v) is 5.96. The zero-order valence-corrected chi connectivity index (χ0v) is 12.1. The van der Waals surface area contributed by atoms with Crippen LogP contribution in [0.3, 0.4) is 0 Å². The molecule has 1 saturated heterocycles. The van der Waals surface area contributed by atoms with Crippen LogP contribution in [-0.2, 0) is 4.79 Å². The summed E-state index contributed by atoms with van der Waals surface area (Å²) in [6, 6.07) is 6.46. The third kappa shape index (κ3) is 2.42. The van der Waals surface area contributed by atoms with Gasteiger partial charge in [-0.05, 0) is 43.4 Å². The standard InChI is InChI=1S/C16H20N2O3/c1-18(13-8-3-2-6-12(13)16(20)21)15(19)14-11-7-4-5-10(11)9-17-14/h2-3,6,8,10-11,14,17H,4-5,7,9H2,1H3,(H,20,21). The normalized spacial score (nSPS) is 27.4. The van der Waals surface area contributed by atoms with E-state index in [4.69, 9.17) is 0 Å². The fourth-order valence-corrected chi connectivity index (χ4v) is 3.73. The number of para-hydroxylation sites is 1. The number of carboxylic acid groups (broad SMARTS) is 1. The van der Waals surface area contributed by atoms with E-state index in [1.165, 1.54) is 23.8 Å². The Hall–Kier alpha value is -1.88. The average Bonchev–Trinajstić information content (AvgIpc) is 3.08. The molecule has 1 aromatic carbocycles. The van der Waals surface area contributed by atoms with E-state index in [-0.39, 0.29) is 17.5 Å². The fraction of sp³-hybridized carbons (Fsp3) is 0.500. The lowest BCUT2D eigenvalue weighted by Gasteiger charge is -2.25. The molecular formula is C16H20N2O3. The van der Waals surface area contributed by atoms with Gasteiger partial charge >= 0.3 is 5.97 Å². The van der Waals surface area contributed by atoms with Crippen molar-refractivity contribution in [2.24, 2.45) is 11.8 Å². The average molecular weight is 288 g/mol. The van der Waals surface area contributed by atoms with Crippen LogP contribution < -0.4 is 10.2 Å². The molecule has 2 N–H and O–H groups in total. The maximum absolute atomic E-state index is 12.7. The van der Waals surface area contributed by atoms with Gasteiger partial charge in [0.25, 0.3) is 0 Å². The monoisotopic (exact) mass is 288 g/mol. The van der Waals surface area contributed by atoms with E-state index in [0.717, 1.165) is 13.0 Å². The minimum atomic E-state index is -1.01. The molecule has 1 aromatic rings. The second kappa shape index (κ2) is 5.48. The predicted octanol–water partition coefficient (Wildman–Crippen LogP) is 1.74. The Kier molecular flexibility index (Phi) is 3.68. The Morgan fingerprint density at radius 1 is 1.29 bits per heavy atom. The maximum Gasteiger partial charge on any atom is 0.337 e. The van der Waals surface area contributed by atoms with Crippen molar-refractivity contribution in [3.05, 3.63) is 29.8 Å². The molecule has 3 unspecified atom stereocenters. The van der Waals surface area contributed by atoms with Gasteiger partial charge in [0.15, 0.2) is 0 Å². The van der Waals surface area contributed by atoms with Crippen molar-refractivity contribution in [3.63, 3.8) is 0 Å². The number of hydrogen-bond acceptors (Lipinski definition) is 3. The van der Waals surface area contributed by atoms with E-state index in [0.29, 0.717) is 17.5 Å². The van der Waals surface area contributed by atoms with Crippen molar-refractivity contribution in [2.75, 3.05) is 18.5 Å². The van der Waals surface area contributed by atoms with Crippen LogP contribution >= 0.6 is 0 Å². The van der Waals surface area contributed by atoms with Crippen LogP contribution in [0.2, 0.25) is 0 Å². The number of benzene rings is 1. The van der Waals surface area contributed by atoms with Gasteiger partial charge in [-0.2, -0.15) is 0 Å². The minimum Gasteiger partial charge on any atom is -0.478 e. The molecule has 3 rings (SSSR count). The Labute approximate surface area is 123 Å². The van der Waals surface area contributed by atoms with Crippen LogP contribution in [0.5, 0.6) is 0 Å². The summed E-state index contributed by atoms with van der Waals surface area (Å²) in [6.45, 7) is 0.898. The molecule has 0 spiro atoms. The van der Waals surface area contributed by atoms with Crippen molar-refractivity contribution in [3.8, 4) is 0 Å². The van der Waals surface area contributed by atoms with Crippen LogP contribution in [0.1, 0.15) is 29.6 Å². The Balaban J connectivity index is 1.83. The smallest absolute Gasteiger partial charge is 0.337 e. The highest BCUT2D eigenvalue weighted by atomic mass is 16.4. The molecule has 0 aromatic heterocycles. The highest BCUT2D eigenvalue weighted by Gasteiger charge is 2.43. The number of rotatable bonds is 3. The topological polar surface area (TPSA) is 69.6 Å². The van der Waals surface area contributed by atoms with E-state index in [2.05, 4.69) is 5.32 Å². The van der Waals surface area contributed by atoms with Crippen LogP contribution in [0.4, 0.5) is 5.69 Å². The second-order valence-electron chi connectivity index (χ2n) is 5.96. The number of nitrogens with zero attached hydrogens (tertiary/aromatic N) is 1. The molecule has 1 heterocycles. The molecule has 3 atom stereocenters. The molecular weight excluding hydrogens is 268 g/mol. The molecule has 2 fully saturated rings. The number of carbonyl (C=O) groups excluding carboxylic acids is 1. The first-order valence-electron chi connectivity index (χ1n) is 7.43. The number of nitrogens with one attached hydrogen (secondary N) is 1. The van der Waals surface area contributed by atoms with Gasteiger partial charge in [-0.15, -0.1) is 0 Å². The van der Waals surface area contributed by atoms with Gasteiger partial charge in [0.1, 0.15) is 0 Å². The first-order chi connectivity index (χ1) is 10.1. The van der Waals surface area contributed by atoms with Gasteiger partial charge < -0.3 is 15.3 Å². The van der Waals surface area contributed by atoms with E-state index < -0.39 is 5.97 Å². The molecule has 2 aliphatic rings. The van der Waals surface area contributed by atoms with E-state index >= 15 is 0 Å². The van der Waals surface area contributed by atoms with Crippen LogP contribution in [0.25, 0.3) is 0 Å². The quantitative estimate of drug-likeness (QED) is 0.889. The third-order valence-electron chi connectivity index (χ3n) is 4.84. The van der Waals surface area contributed by atoms with Gasteiger partial charge in [-0.3, -0.25) is 4.79 Å². The lowest BCUT2D eigenvalue weighted by molar-refractivity contribution is -0.120. The summed E-state index contributed by atoms with van der Waals surface area (Å²) in [6.07, 6.45) is 3.47. The van der Waals surface area contributed by atoms with Crippen LogP contribution in [0, 0.1) is 11.8 Å². The van der Waals surface area contributed by atoms with Gasteiger partial charge in [0.05, 0.1) is 17.3 Å². The number of carbonyl (C=O) groups is 2. The summed E-state index contributed by atoms with van der Waals surface area (Å²) >= 11 is 0.